The maximum absolute atomic E-state index is 9.57. The lowest BCUT2D eigenvalue weighted by molar-refractivity contribution is 0.0133. The quantitative estimate of drug-likeness (QED) is 0.479. The Labute approximate surface area is 58.2 Å². The fraction of sp³-hybridized carbons (Fsp3) is 0.429. The molecule has 0 aromatic heterocycles. The first kappa shape index (κ1) is 5.95. The Morgan fingerprint density at radius 3 is 3.20 bits per heavy atom. The van der Waals surface area contributed by atoms with E-state index in [0.29, 0.717) is 5.76 Å². The molecule has 10 heavy (non-hydrogen) atoms. The third-order valence-electron chi connectivity index (χ3n) is 1.90. The highest BCUT2D eigenvalue weighted by atomic mass is 16.5. The number of aliphatic hydroxyl groups is 2. The average Bonchev–Trinajstić information content (AvgIpc) is 2.36. The predicted octanol–water partition coefficient (Wildman–Crippen LogP) is -0.438. The van der Waals surface area contributed by atoms with Crippen LogP contribution in [0.1, 0.15) is 0 Å². The molecular formula is C7H8O3. The molecule has 1 fully saturated rings. The molecule has 3 nitrogen and oxygen atoms in total. The molecule has 1 heterocycles. The second-order valence-corrected chi connectivity index (χ2v) is 2.54. The Bertz CT molecular complexity index is 219. The molecule has 0 amide bonds. The van der Waals surface area contributed by atoms with E-state index in [1.54, 1.807) is 18.2 Å². The van der Waals surface area contributed by atoms with Gasteiger partial charge in [-0.25, -0.2) is 0 Å². The monoisotopic (exact) mass is 140 g/mol. The van der Waals surface area contributed by atoms with Crippen molar-refractivity contribution in [2.75, 3.05) is 6.61 Å². The van der Waals surface area contributed by atoms with Crippen molar-refractivity contribution in [3.05, 3.63) is 24.0 Å². The van der Waals surface area contributed by atoms with Crippen LogP contribution < -0.4 is 0 Å². The molecule has 0 spiro atoms. The molecule has 1 saturated heterocycles. The van der Waals surface area contributed by atoms with E-state index in [1.165, 1.54) is 0 Å². The summed E-state index contributed by atoms with van der Waals surface area (Å²) in [5.41, 5.74) is -1.22. The topological polar surface area (TPSA) is 49.7 Å². The minimum atomic E-state index is -1.22. The highest BCUT2D eigenvalue weighted by Gasteiger charge is 2.46. The van der Waals surface area contributed by atoms with Crippen molar-refractivity contribution < 1.29 is 14.9 Å². The molecule has 54 valence electrons. The van der Waals surface area contributed by atoms with Crippen molar-refractivity contribution >= 4 is 0 Å². The van der Waals surface area contributed by atoms with E-state index >= 15 is 0 Å². The average molecular weight is 140 g/mol. The first-order valence-corrected chi connectivity index (χ1v) is 3.17. The van der Waals surface area contributed by atoms with E-state index in [4.69, 9.17) is 4.74 Å². The molecule has 0 aromatic rings. The molecule has 2 aliphatic rings. The van der Waals surface area contributed by atoms with Gasteiger partial charge in [0.2, 0.25) is 0 Å². The summed E-state index contributed by atoms with van der Waals surface area (Å²) in [5.74, 6) is 0.458. The van der Waals surface area contributed by atoms with Gasteiger partial charge in [0.1, 0.15) is 18.5 Å². The zero-order valence-electron chi connectivity index (χ0n) is 5.32. The Morgan fingerprint density at radius 2 is 2.50 bits per heavy atom. The Hall–Kier alpha value is -0.800. The van der Waals surface area contributed by atoms with Crippen LogP contribution in [0.2, 0.25) is 0 Å². The maximum Gasteiger partial charge on any atom is 0.169 e. The molecule has 0 aromatic carbocycles. The van der Waals surface area contributed by atoms with Crippen LogP contribution >= 0.6 is 0 Å². The lowest BCUT2D eigenvalue weighted by Crippen LogP contribution is -2.36. The smallest absolute Gasteiger partial charge is 0.169 e. The van der Waals surface area contributed by atoms with Crippen molar-refractivity contribution in [2.45, 2.75) is 11.7 Å². The Morgan fingerprint density at radius 1 is 1.70 bits per heavy atom. The number of rotatable bonds is 0. The molecule has 2 rings (SSSR count). The lowest BCUT2D eigenvalue weighted by atomic mass is 10.0. The molecular weight excluding hydrogens is 132 g/mol. The third kappa shape index (κ3) is 0.514. The highest BCUT2D eigenvalue weighted by molar-refractivity contribution is 5.36. The molecule has 2 atom stereocenters. The summed E-state index contributed by atoms with van der Waals surface area (Å²) in [6.45, 7) is 0.187. The normalized spacial score (nSPS) is 43.0. The third-order valence-corrected chi connectivity index (χ3v) is 1.90. The summed E-state index contributed by atoms with van der Waals surface area (Å²) in [7, 11) is 0. The molecule has 3 heteroatoms. The minimum absolute atomic E-state index is 0.187. The molecule has 1 aliphatic carbocycles. The van der Waals surface area contributed by atoms with E-state index < -0.39 is 11.7 Å². The summed E-state index contributed by atoms with van der Waals surface area (Å²) in [6, 6.07) is 0. The number of aliphatic hydroxyl groups excluding tert-OH is 1. The zero-order valence-corrected chi connectivity index (χ0v) is 5.32. The Balaban J connectivity index is 2.41. The van der Waals surface area contributed by atoms with Crippen LogP contribution in [0.3, 0.4) is 0 Å². The van der Waals surface area contributed by atoms with Crippen LogP contribution in [0.5, 0.6) is 0 Å². The van der Waals surface area contributed by atoms with Gasteiger partial charge in [-0.05, 0) is 12.2 Å². The number of fused-ring (bicyclic) bond motifs is 1. The van der Waals surface area contributed by atoms with E-state index in [1.807, 2.05) is 0 Å². The maximum atomic E-state index is 9.57. The van der Waals surface area contributed by atoms with Crippen LogP contribution in [0.4, 0.5) is 0 Å². The van der Waals surface area contributed by atoms with Crippen LogP contribution in [-0.4, -0.2) is 28.5 Å². The van der Waals surface area contributed by atoms with Gasteiger partial charge >= 0.3 is 0 Å². The Kier molecular flexibility index (Phi) is 0.963. The molecule has 0 radical (unpaired) electrons. The molecule has 0 saturated carbocycles. The second-order valence-electron chi connectivity index (χ2n) is 2.54. The van der Waals surface area contributed by atoms with Gasteiger partial charge in [-0.15, -0.1) is 0 Å². The summed E-state index contributed by atoms with van der Waals surface area (Å²) in [4.78, 5) is 0. The fourth-order valence-corrected chi connectivity index (χ4v) is 1.23. The van der Waals surface area contributed by atoms with Gasteiger partial charge in [0.05, 0.1) is 0 Å². The molecule has 2 N–H and O–H groups in total. The van der Waals surface area contributed by atoms with Crippen LogP contribution in [-0.2, 0) is 4.74 Å². The predicted molar refractivity (Wildman–Crippen MR) is 34.1 cm³/mol. The van der Waals surface area contributed by atoms with Crippen LogP contribution in [0.25, 0.3) is 0 Å². The van der Waals surface area contributed by atoms with Gasteiger partial charge in [-0.2, -0.15) is 0 Å². The largest absolute Gasteiger partial charge is 0.492 e. The summed E-state index contributed by atoms with van der Waals surface area (Å²) < 4.78 is 4.99. The van der Waals surface area contributed by atoms with Crippen molar-refractivity contribution in [1.29, 1.82) is 0 Å². The minimum Gasteiger partial charge on any atom is -0.492 e. The summed E-state index contributed by atoms with van der Waals surface area (Å²) in [5, 5.41) is 18.8. The first-order valence-electron chi connectivity index (χ1n) is 3.17. The van der Waals surface area contributed by atoms with Gasteiger partial charge in [0, 0.05) is 0 Å². The van der Waals surface area contributed by atoms with Gasteiger partial charge in [0.15, 0.2) is 5.60 Å². The van der Waals surface area contributed by atoms with E-state index in [9.17, 15) is 10.2 Å². The van der Waals surface area contributed by atoms with Gasteiger partial charge in [-0.1, -0.05) is 6.08 Å². The second kappa shape index (κ2) is 1.62. The van der Waals surface area contributed by atoms with Gasteiger partial charge < -0.3 is 14.9 Å². The first-order chi connectivity index (χ1) is 4.73. The number of ether oxygens (including phenoxy) is 1. The zero-order chi connectivity index (χ0) is 7.19. The van der Waals surface area contributed by atoms with Crippen LogP contribution in [0, 0.1) is 0 Å². The molecule has 0 bridgehead atoms. The molecule has 2 unspecified atom stereocenters. The van der Waals surface area contributed by atoms with Gasteiger partial charge in [-0.3, -0.25) is 0 Å². The van der Waals surface area contributed by atoms with E-state index in [-0.39, 0.29) is 6.61 Å². The van der Waals surface area contributed by atoms with Crippen molar-refractivity contribution in [3.63, 3.8) is 0 Å². The summed E-state index contributed by atoms with van der Waals surface area (Å²) in [6.07, 6.45) is 4.07. The van der Waals surface area contributed by atoms with Crippen molar-refractivity contribution in [1.82, 2.24) is 0 Å². The van der Waals surface area contributed by atoms with Gasteiger partial charge in [0.25, 0.3) is 0 Å². The highest BCUT2D eigenvalue weighted by Crippen LogP contribution is 2.34. The van der Waals surface area contributed by atoms with E-state index in [0.717, 1.165) is 0 Å². The number of hydrogen-bond donors (Lipinski definition) is 2. The summed E-state index contributed by atoms with van der Waals surface area (Å²) >= 11 is 0. The SMILES string of the molecule is OC1COC2=CC=CC21O. The standard InChI is InChI=1S/C7H8O3/c8-5-4-10-6-2-1-3-7(5,6)9/h1-3,5,8-9H,4H2. The van der Waals surface area contributed by atoms with Crippen LogP contribution in [0.15, 0.2) is 24.0 Å². The van der Waals surface area contributed by atoms with Crippen molar-refractivity contribution in [2.24, 2.45) is 0 Å². The fourth-order valence-electron chi connectivity index (χ4n) is 1.23. The van der Waals surface area contributed by atoms with Crippen molar-refractivity contribution in [3.8, 4) is 0 Å². The molecule has 1 aliphatic heterocycles. The number of allylic oxidation sites excluding steroid dienone is 2. The lowest BCUT2D eigenvalue weighted by Gasteiger charge is -2.16. The number of hydrogen-bond acceptors (Lipinski definition) is 3. The van der Waals surface area contributed by atoms with E-state index in [2.05, 4.69) is 0 Å².